The molecule has 0 atom stereocenters. The summed E-state index contributed by atoms with van der Waals surface area (Å²) in [7, 11) is 0. The van der Waals surface area contributed by atoms with Gasteiger partial charge in [-0.3, -0.25) is 5.73 Å². The van der Waals surface area contributed by atoms with Crippen LogP contribution in [0.25, 0.3) is 0 Å². The lowest BCUT2D eigenvalue weighted by atomic mass is 10.2. The quantitative estimate of drug-likeness (QED) is 0.412. The minimum Gasteiger partial charge on any atom is -0.272 e. The molecule has 0 aliphatic carbocycles. The highest BCUT2D eigenvalue weighted by atomic mass is 19.4. The summed E-state index contributed by atoms with van der Waals surface area (Å²) in [6.45, 7) is 0. The third kappa shape index (κ3) is 9.61. The molecule has 0 bridgehead atoms. The zero-order valence-corrected chi connectivity index (χ0v) is 6.30. The molecule has 12 heavy (non-hydrogen) atoms. The van der Waals surface area contributed by atoms with Gasteiger partial charge in [0.1, 0.15) is 0 Å². The smallest absolute Gasteiger partial charge is 0.272 e. The van der Waals surface area contributed by atoms with Crippen molar-refractivity contribution in [3.8, 4) is 0 Å². The van der Waals surface area contributed by atoms with Crippen LogP contribution in [0.4, 0.5) is 22.0 Å². The van der Waals surface area contributed by atoms with Crippen molar-refractivity contribution in [1.29, 1.82) is 0 Å². The molecule has 0 saturated carbocycles. The molecule has 0 aromatic carbocycles. The first-order valence-electron chi connectivity index (χ1n) is 3.44. The second-order valence-electron chi connectivity index (χ2n) is 2.58. The number of alkyl halides is 5. The van der Waals surface area contributed by atoms with Crippen LogP contribution in [0.1, 0.15) is 25.7 Å². The fourth-order valence-electron chi connectivity index (χ4n) is 0.686. The van der Waals surface area contributed by atoms with E-state index < -0.39 is 25.1 Å². The Morgan fingerprint density at radius 2 is 1.25 bits per heavy atom. The molecule has 0 aliphatic rings. The maximum Gasteiger partial charge on any atom is 0.389 e. The molecule has 0 rings (SSSR count). The molecule has 0 radical (unpaired) electrons. The van der Waals surface area contributed by atoms with Gasteiger partial charge in [0.15, 0.2) is 0 Å². The lowest BCUT2D eigenvalue weighted by Crippen LogP contribution is -2.27. The second kappa shape index (κ2) is 4.02. The molecule has 0 spiro atoms. The van der Waals surface area contributed by atoms with Crippen LogP contribution >= 0.6 is 0 Å². The number of hydrogen-bond donors (Lipinski definition) is 1. The summed E-state index contributed by atoms with van der Waals surface area (Å²) in [5, 5.41) is 0. The zero-order chi connectivity index (χ0) is 9.83. The van der Waals surface area contributed by atoms with E-state index in [0.29, 0.717) is 0 Å². The van der Waals surface area contributed by atoms with Crippen molar-refractivity contribution < 1.29 is 22.0 Å². The van der Waals surface area contributed by atoms with Crippen LogP contribution in [0.3, 0.4) is 0 Å². The van der Waals surface area contributed by atoms with Gasteiger partial charge in [0.05, 0.1) is 0 Å². The van der Waals surface area contributed by atoms with Gasteiger partial charge in [0.2, 0.25) is 0 Å². The Kier molecular flexibility index (Phi) is 3.89. The van der Waals surface area contributed by atoms with Gasteiger partial charge in [-0.15, -0.1) is 0 Å². The topological polar surface area (TPSA) is 26.0 Å². The van der Waals surface area contributed by atoms with Crippen molar-refractivity contribution >= 4 is 0 Å². The van der Waals surface area contributed by atoms with Gasteiger partial charge in [-0.1, -0.05) is 0 Å². The van der Waals surface area contributed by atoms with E-state index in [0.717, 1.165) is 0 Å². The van der Waals surface area contributed by atoms with Gasteiger partial charge < -0.3 is 0 Å². The third-order valence-electron chi connectivity index (χ3n) is 1.22. The average molecular weight is 191 g/mol. The minimum absolute atomic E-state index is 0.205. The zero-order valence-electron chi connectivity index (χ0n) is 6.30. The van der Waals surface area contributed by atoms with Crippen LogP contribution < -0.4 is 5.73 Å². The van der Waals surface area contributed by atoms with Crippen LogP contribution in [0, 0.1) is 0 Å². The van der Waals surface area contributed by atoms with Crippen LogP contribution in [-0.2, 0) is 0 Å². The first-order valence-corrected chi connectivity index (χ1v) is 3.44. The Balaban J connectivity index is 3.35. The van der Waals surface area contributed by atoms with Crippen molar-refractivity contribution in [2.75, 3.05) is 0 Å². The normalized spacial score (nSPS) is 13.5. The molecule has 6 heteroatoms. The van der Waals surface area contributed by atoms with Crippen molar-refractivity contribution in [3.05, 3.63) is 0 Å². The molecule has 2 N–H and O–H groups in total. The molecule has 0 fully saturated rings. The predicted octanol–water partition coefficient (Wildman–Crippen LogP) is 2.66. The maximum absolute atomic E-state index is 11.8. The monoisotopic (exact) mass is 191 g/mol. The van der Waals surface area contributed by atoms with Crippen molar-refractivity contribution in [1.82, 2.24) is 0 Å². The molecule has 0 aliphatic heterocycles. The summed E-state index contributed by atoms with van der Waals surface area (Å²) in [6.07, 6.45) is -6.48. The van der Waals surface area contributed by atoms with Crippen LogP contribution in [0.5, 0.6) is 0 Å². The average Bonchev–Trinajstić information content (AvgIpc) is 1.76. The van der Waals surface area contributed by atoms with Crippen molar-refractivity contribution in [3.63, 3.8) is 0 Å². The molecular formula is C6H10F5N. The Morgan fingerprint density at radius 3 is 1.58 bits per heavy atom. The number of rotatable bonds is 4. The SMILES string of the molecule is NC(F)(F)CCCCC(F)(F)F. The van der Waals surface area contributed by atoms with E-state index in [1.807, 2.05) is 0 Å². The minimum atomic E-state index is -4.26. The molecule has 0 heterocycles. The van der Waals surface area contributed by atoms with Gasteiger partial charge in [0, 0.05) is 12.8 Å². The van der Waals surface area contributed by atoms with Crippen molar-refractivity contribution in [2.45, 2.75) is 37.9 Å². The van der Waals surface area contributed by atoms with E-state index in [1.54, 1.807) is 0 Å². The molecule has 0 amide bonds. The van der Waals surface area contributed by atoms with Gasteiger partial charge in [-0.05, 0) is 12.8 Å². The van der Waals surface area contributed by atoms with E-state index in [-0.39, 0.29) is 12.8 Å². The molecule has 74 valence electrons. The highest BCUT2D eigenvalue weighted by Gasteiger charge is 2.27. The van der Waals surface area contributed by atoms with Crippen LogP contribution in [0.2, 0.25) is 0 Å². The Labute approximate surface area is 66.7 Å². The largest absolute Gasteiger partial charge is 0.389 e. The Morgan fingerprint density at radius 1 is 0.833 bits per heavy atom. The predicted molar refractivity (Wildman–Crippen MR) is 33.7 cm³/mol. The van der Waals surface area contributed by atoms with E-state index in [1.165, 1.54) is 0 Å². The highest BCUT2D eigenvalue weighted by molar-refractivity contribution is 4.58. The lowest BCUT2D eigenvalue weighted by molar-refractivity contribution is -0.136. The molecule has 0 aromatic rings. The fourth-order valence-corrected chi connectivity index (χ4v) is 0.686. The lowest BCUT2D eigenvalue weighted by Gasteiger charge is -2.10. The fraction of sp³-hybridized carbons (Fsp3) is 1.00. The summed E-state index contributed by atoms with van der Waals surface area (Å²) in [5.74, 6) is 0. The van der Waals surface area contributed by atoms with E-state index in [4.69, 9.17) is 0 Å². The molecular weight excluding hydrogens is 181 g/mol. The van der Waals surface area contributed by atoms with E-state index in [9.17, 15) is 22.0 Å². The van der Waals surface area contributed by atoms with Gasteiger partial charge in [-0.25, -0.2) is 0 Å². The molecule has 0 saturated heterocycles. The van der Waals surface area contributed by atoms with Gasteiger partial charge in [-0.2, -0.15) is 22.0 Å². The van der Waals surface area contributed by atoms with Gasteiger partial charge >= 0.3 is 6.18 Å². The highest BCUT2D eigenvalue weighted by Crippen LogP contribution is 2.24. The second-order valence-corrected chi connectivity index (χ2v) is 2.58. The summed E-state index contributed by atoms with van der Waals surface area (Å²) in [5.41, 5.74) is 4.27. The first kappa shape index (κ1) is 11.6. The van der Waals surface area contributed by atoms with E-state index >= 15 is 0 Å². The molecule has 0 unspecified atom stereocenters. The molecule has 0 aromatic heterocycles. The first-order chi connectivity index (χ1) is 5.21. The third-order valence-corrected chi connectivity index (χ3v) is 1.22. The van der Waals surface area contributed by atoms with Crippen LogP contribution in [-0.4, -0.2) is 12.2 Å². The Bertz CT molecular complexity index is 109. The Hall–Kier alpha value is -0.390. The maximum atomic E-state index is 11.8. The van der Waals surface area contributed by atoms with E-state index in [2.05, 4.69) is 5.73 Å². The van der Waals surface area contributed by atoms with Gasteiger partial charge in [0.25, 0.3) is 6.05 Å². The number of nitrogens with two attached hydrogens (primary N) is 1. The van der Waals surface area contributed by atoms with Crippen LogP contribution in [0.15, 0.2) is 0 Å². The van der Waals surface area contributed by atoms with Crippen molar-refractivity contribution in [2.24, 2.45) is 5.73 Å². The number of hydrogen-bond acceptors (Lipinski definition) is 1. The number of unbranched alkanes of at least 4 members (excludes halogenated alkanes) is 1. The summed E-state index contributed by atoms with van der Waals surface area (Å²) in [4.78, 5) is 0. The standard InChI is InChI=1S/C6H10F5N/c7-5(8,9)3-1-2-4-6(10,11)12/h1-4,12H2. The molecule has 1 nitrogen and oxygen atoms in total. The summed E-state index contributed by atoms with van der Waals surface area (Å²) in [6, 6.07) is -3.34. The number of halogens is 5. The summed E-state index contributed by atoms with van der Waals surface area (Å²) >= 11 is 0. The summed E-state index contributed by atoms with van der Waals surface area (Å²) < 4.78 is 58.0.